The molecule has 1 aromatic heterocycles. The van der Waals surface area contributed by atoms with Crippen LogP contribution in [0, 0.1) is 6.92 Å². The number of aliphatic hydroxyl groups excluding tert-OH is 1. The first-order valence-electron chi connectivity index (χ1n) is 6.07. The van der Waals surface area contributed by atoms with Crippen LogP contribution in [0.4, 0.5) is 0 Å². The fourth-order valence-electron chi connectivity index (χ4n) is 1.87. The van der Waals surface area contributed by atoms with Gasteiger partial charge in [0.15, 0.2) is 0 Å². The van der Waals surface area contributed by atoms with Crippen LogP contribution in [0.25, 0.3) is 0 Å². The lowest BCUT2D eigenvalue weighted by Crippen LogP contribution is -2.23. The molecule has 1 amide bonds. The molecule has 0 aliphatic heterocycles. The summed E-state index contributed by atoms with van der Waals surface area (Å²) in [6, 6.07) is 9.10. The van der Waals surface area contributed by atoms with E-state index in [4.69, 9.17) is 5.11 Å². The van der Waals surface area contributed by atoms with Gasteiger partial charge in [0.1, 0.15) is 0 Å². The van der Waals surface area contributed by atoms with E-state index < -0.39 is 0 Å². The lowest BCUT2D eigenvalue weighted by molar-refractivity contribution is 0.0950. The van der Waals surface area contributed by atoms with Crippen molar-refractivity contribution in [2.45, 2.75) is 20.1 Å². The maximum atomic E-state index is 12.0. The van der Waals surface area contributed by atoms with Crippen LogP contribution >= 0.6 is 0 Å². The number of aliphatic hydroxyl groups is 1. The van der Waals surface area contributed by atoms with E-state index in [1.807, 2.05) is 25.1 Å². The van der Waals surface area contributed by atoms with Crippen molar-refractivity contribution in [1.29, 1.82) is 0 Å². The van der Waals surface area contributed by atoms with Crippen LogP contribution in [0.5, 0.6) is 0 Å². The zero-order chi connectivity index (χ0) is 13.7. The topological polar surface area (TPSA) is 62.2 Å². The second-order valence-electron chi connectivity index (χ2n) is 4.41. The minimum Gasteiger partial charge on any atom is -0.392 e. The van der Waals surface area contributed by atoms with E-state index in [1.54, 1.807) is 24.5 Å². The van der Waals surface area contributed by atoms with Gasteiger partial charge in [-0.05, 0) is 41.8 Å². The third-order valence-corrected chi connectivity index (χ3v) is 2.76. The number of aryl methyl sites for hydroxylation is 1. The summed E-state index contributed by atoms with van der Waals surface area (Å²) in [5.74, 6) is -0.151. The Kier molecular flexibility index (Phi) is 4.26. The fourth-order valence-corrected chi connectivity index (χ4v) is 1.87. The van der Waals surface area contributed by atoms with Crippen molar-refractivity contribution in [2.75, 3.05) is 0 Å². The Morgan fingerprint density at radius 2 is 2.16 bits per heavy atom. The van der Waals surface area contributed by atoms with Crippen molar-refractivity contribution in [3.63, 3.8) is 0 Å². The van der Waals surface area contributed by atoms with E-state index in [0.29, 0.717) is 12.1 Å². The third-order valence-electron chi connectivity index (χ3n) is 2.76. The maximum absolute atomic E-state index is 12.0. The maximum Gasteiger partial charge on any atom is 0.251 e. The molecule has 2 rings (SSSR count). The second-order valence-corrected chi connectivity index (χ2v) is 4.41. The smallest absolute Gasteiger partial charge is 0.251 e. The number of hydrogen-bond donors (Lipinski definition) is 2. The first-order chi connectivity index (χ1) is 9.19. The van der Waals surface area contributed by atoms with Crippen LogP contribution in [0.2, 0.25) is 0 Å². The summed E-state index contributed by atoms with van der Waals surface area (Å²) < 4.78 is 0. The molecule has 19 heavy (non-hydrogen) atoms. The van der Waals surface area contributed by atoms with E-state index >= 15 is 0 Å². The quantitative estimate of drug-likeness (QED) is 0.877. The highest BCUT2D eigenvalue weighted by molar-refractivity contribution is 5.94. The number of nitrogens with zero attached hydrogens (tertiary/aromatic N) is 1. The number of carbonyl (C=O) groups is 1. The number of pyridine rings is 1. The van der Waals surface area contributed by atoms with Crippen LogP contribution in [-0.4, -0.2) is 16.0 Å². The highest BCUT2D eigenvalue weighted by Gasteiger charge is 2.07. The number of nitrogens with one attached hydrogen (secondary N) is 1. The molecule has 1 aromatic carbocycles. The van der Waals surface area contributed by atoms with Gasteiger partial charge in [-0.1, -0.05) is 12.1 Å². The first kappa shape index (κ1) is 13.2. The molecule has 4 nitrogen and oxygen atoms in total. The van der Waals surface area contributed by atoms with Crippen LogP contribution in [-0.2, 0) is 13.2 Å². The second kappa shape index (κ2) is 6.11. The van der Waals surface area contributed by atoms with Crippen LogP contribution in [0.1, 0.15) is 27.0 Å². The molecule has 0 radical (unpaired) electrons. The van der Waals surface area contributed by atoms with E-state index in [-0.39, 0.29) is 12.5 Å². The van der Waals surface area contributed by atoms with Crippen LogP contribution < -0.4 is 5.32 Å². The number of aromatic nitrogens is 1. The number of hydrogen-bond acceptors (Lipinski definition) is 3. The minimum absolute atomic E-state index is 0.0649. The van der Waals surface area contributed by atoms with Gasteiger partial charge in [0.25, 0.3) is 5.91 Å². The molecule has 0 saturated heterocycles. The van der Waals surface area contributed by atoms with Crippen LogP contribution in [0.3, 0.4) is 0 Å². The van der Waals surface area contributed by atoms with Gasteiger partial charge in [-0.3, -0.25) is 9.78 Å². The summed E-state index contributed by atoms with van der Waals surface area (Å²) in [6.45, 7) is 2.27. The largest absolute Gasteiger partial charge is 0.392 e. The average molecular weight is 256 g/mol. The SMILES string of the molecule is Cc1cc(CO)cc(C(=O)NCc2cccnc2)c1. The predicted molar refractivity (Wildman–Crippen MR) is 72.5 cm³/mol. The summed E-state index contributed by atoms with van der Waals surface area (Å²) in [5.41, 5.74) is 3.21. The molecule has 0 aliphatic rings. The van der Waals surface area contributed by atoms with Gasteiger partial charge in [-0.15, -0.1) is 0 Å². The van der Waals surface area contributed by atoms with Crippen molar-refractivity contribution in [1.82, 2.24) is 10.3 Å². The van der Waals surface area contributed by atoms with Gasteiger partial charge in [-0.2, -0.15) is 0 Å². The Morgan fingerprint density at radius 1 is 1.32 bits per heavy atom. The van der Waals surface area contributed by atoms with E-state index in [0.717, 1.165) is 16.7 Å². The molecule has 0 unspecified atom stereocenters. The van der Waals surface area contributed by atoms with Crippen molar-refractivity contribution >= 4 is 5.91 Å². The predicted octanol–water partition coefficient (Wildman–Crippen LogP) is 1.81. The van der Waals surface area contributed by atoms with Crippen molar-refractivity contribution < 1.29 is 9.90 Å². The van der Waals surface area contributed by atoms with Crippen molar-refractivity contribution in [3.8, 4) is 0 Å². The van der Waals surface area contributed by atoms with Gasteiger partial charge < -0.3 is 10.4 Å². The van der Waals surface area contributed by atoms with Gasteiger partial charge in [0.05, 0.1) is 6.61 Å². The summed E-state index contributed by atoms with van der Waals surface area (Å²) in [6.07, 6.45) is 3.41. The van der Waals surface area contributed by atoms with Crippen molar-refractivity contribution in [2.24, 2.45) is 0 Å². The number of amides is 1. The monoisotopic (exact) mass is 256 g/mol. The van der Waals surface area contributed by atoms with Gasteiger partial charge in [0.2, 0.25) is 0 Å². The summed E-state index contributed by atoms with van der Waals surface area (Å²) in [7, 11) is 0. The molecule has 1 heterocycles. The summed E-state index contributed by atoms with van der Waals surface area (Å²) >= 11 is 0. The fraction of sp³-hybridized carbons (Fsp3) is 0.200. The van der Waals surface area contributed by atoms with E-state index in [9.17, 15) is 4.79 Å². The summed E-state index contributed by atoms with van der Waals surface area (Å²) in [4.78, 5) is 16.0. The lowest BCUT2D eigenvalue weighted by Gasteiger charge is -2.07. The number of benzene rings is 1. The highest BCUT2D eigenvalue weighted by Crippen LogP contribution is 2.10. The third kappa shape index (κ3) is 3.63. The summed E-state index contributed by atoms with van der Waals surface area (Å²) in [5, 5.41) is 12.0. The number of carbonyl (C=O) groups excluding carboxylic acids is 1. The molecule has 0 bridgehead atoms. The Bertz CT molecular complexity index is 568. The standard InChI is InChI=1S/C15H16N2O2/c1-11-5-13(10-18)7-14(6-11)15(19)17-9-12-3-2-4-16-8-12/h2-8,18H,9-10H2,1H3,(H,17,19). The molecule has 0 fully saturated rings. The molecule has 2 aromatic rings. The molecule has 0 spiro atoms. The van der Waals surface area contributed by atoms with E-state index in [1.165, 1.54) is 0 Å². The average Bonchev–Trinajstić information content (AvgIpc) is 2.45. The molecule has 2 N–H and O–H groups in total. The van der Waals surface area contributed by atoms with Crippen LogP contribution in [0.15, 0.2) is 42.7 Å². The van der Waals surface area contributed by atoms with Gasteiger partial charge >= 0.3 is 0 Å². The van der Waals surface area contributed by atoms with E-state index in [2.05, 4.69) is 10.3 Å². The first-order valence-corrected chi connectivity index (χ1v) is 6.07. The van der Waals surface area contributed by atoms with Gasteiger partial charge in [0, 0.05) is 24.5 Å². The molecule has 0 aliphatic carbocycles. The molecule has 4 heteroatoms. The molecular formula is C15H16N2O2. The Labute approximate surface area is 112 Å². The normalized spacial score (nSPS) is 10.2. The molecule has 0 saturated carbocycles. The Hall–Kier alpha value is -2.20. The van der Waals surface area contributed by atoms with Crippen molar-refractivity contribution in [3.05, 3.63) is 65.0 Å². The Morgan fingerprint density at radius 3 is 2.84 bits per heavy atom. The highest BCUT2D eigenvalue weighted by atomic mass is 16.3. The lowest BCUT2D eigenvalue weighted by atomic mass is 10.1. The Balaban J connectivity index is 2.06. The number of rotatable bonds is 4. The molecule has 0 atom stereocenters. The molecular weight excluding hydrogens is 240 g/mol. The zero-order valence-corrected chi connectivity index (χ0v) is 10.8. The zero-order valence-electron chi connectivity index (χ0n) is 10.8. The molecule has 98 valence electrons. The van der Waals surface area contributed by atoms with Gasteiger partial charge in [-0.25, -0.2) is 0 Å². The minimum atomic E-state index is -0.151.